The van der Waals surface area contributed by atoms with Crippen LogP contribution in [0, 0.1) is 6.92 Å². The molecular weight excluding hydrogens is 250 g/mol. The molecule has 1 aliphatic rings. The first-order valence-electron chi connectivity index (χ1n) is 5.98. The smallest absolute Gasteiger partial charge is 0.0971 e. The van der Waals surface area contributed by atoms with Crippen LogP contribution in [0.25, 0.3) is 11.0 Å². The molecule has 98 valence electrons. The van der Waals surface area contributed by atoms with Crippen LogP contribution in [0.5, 0.6) is 0 Å². The van der Waals surface area contributed by atoms with E-state index in [0.717, 1.165) is 18.5 Å². The maximum absolute atomic E-state index is 5.39. The summed E-state index contributed by atoms with van der Waals surface area (Å²) in [7, 11) is 1.77. The van der Waals surface area contributed by atoms with E-state index in [1.54, 1.807) is 7.11 Å². The number of benzene rings is 1. The highest BCUT2D eigenvalue weighted by Crippen LogP contribution is 2.25. The van der Waals surface area contributed by atoms with E-state index in [1.165, 1.54) is 11.1 Å². The van der Waals surface area contributed by atoms with E-state index in [1.807, 2.05) is 6.33 Å². The van der Waals surface area contributed by atoms with E-state index >= 15 is 0 Å². The Hall–Kier alpha value is -1.10. The molecule has 0 saturated carbocycles. The van der Waals surface area contributed by atoms with Crippen LogP contribution in [-0.2, 0) is 4.74 Å². The second kappa shape index (κ2) is 5.26. The molecule has 1 aromatic heterocycles. The van der Waals surface area contributed by atoms with Crippen molar-refractivity contribution < 1.29 is 4.74 Å². The zero-order valence-corrected chi connectivity index (χ0v) is 11.4. The van der Waals surface area contributed by atoms with Crippen molar-refractivity contribution in [3.63, 3.8) is 0 Å². The van der Waals surface area contributed by atoms with Gasteiger partial charge in [-0.25, -0.2) is 4.98 Å². The van der Waals surface area contributed by atoms with Crippen LogP contribution in [0.4, 0.5) is 0 Å². The first kappa shape index (κ1) is 13.3. The summed E-state index contributed by atoms with van der Waals surface area (Å²) in [6.45, 7) is 3.04. The highest BCUT2D eigenvalue weighted by atomic mass is 35.5. The molecule has 2 atom stereocenters. The number of nitrogens with one attached hydrogen (secondary N) is 1. The Kier molecular flexibility index (Phi) is 3.90. The summed E-state index contributed by atoms with van der Waals surface area (Å²) in [5, 5.41) is 3.48. The van der Waals surface area contributed by atoms with Gasteiger partial charge in [0, 0.05) is 20.1 Å². The number of nitrogens with zero attached hydrogens (tertiary/aromatic N) is 2. The summed E-state index contributed by atoms with van der Waals surface area (Å²) in [4.78, 5) is 4.46. The molecule has 0 unspecified atom stereocenters. The van der Waals surface area contributed by atoms with Gasteiger partial charge in [0.1, 0.15) is 0 Å². The lowest BCUT2D eigenvalue weighted by molar-refractivity contribution is 0.115. The fourth-order valence-electron chi connectivity index (χ4n) is 2.58. The molecule has 0 spiro atoms. The molecule has 5 heteroatoms. The number of imidazole rings is 1. The van der Waals surface area contributed by atoms with Crippen LogP contribution >= 0.6 is 12.4 Å². The minimum atomic E-state index is 0. The van der Waals surface area contributed by atoms with Crippen molar-refractivity contribution in [2.75, 3.05) is 13.7 Å². The molecule has 1 saturated heterocycles. The Morgan fingerprint density at radius 1 is 1.44 bits per heavy atom. The minimum Gasteiger partial charge on any atom is -0.380 e. The van der Waals surface area contributed by atoms with Gasteiger partial charge in [-0.2, -0.15) is 0 Å². The van der Waals surface area contributed by atoms with Gasteiger partial charge >= 0.3 is 0 Å². The predicted octanol–water partition coefficient (Wildman–Crippen LogP) is 2.27. The summed E-state index contributed by atoms with van der Waals surface area (Å²) in [6, 6.07) is 6.24. The van der Waals surface area contributed by atoms with E-state index in [0.29, 0.717) is 12.3 Å². The number of ether oxygens (including phenoxy) is 1. The molecule has 1 aromatic carbocycles. The predicted molar refractivity (Wildman–Crippen MR) is 74.2 cm³/mol. The molecular formula is C13H18ClN3O. The zero-order chi connectivity index (χ0) is 11.8. The zero-order valence-electron chi connectivity index (χ0n) is 10.6. The van der Waals surface area contributed by atoms with Gasteiger partial charge in [-0.15, -0.1) is 12.4 Å². The van der Waals surface area contributed by atoms with Crippen molar-refractivity contribution in [2.45, 2.75) is 25.6 Å². The standard InChI is InChI=1S/C13H17N3O.ClH/c1-9-4-3-5-11-13(9)16(8-15-11)12-6-10(17-2)7-14-12;/h3-5,8,10,12,14H,6-7H2,1-2H3;1H/t10-,12-;/m0./s1. The normalized spacial score (nSPS) is 23.2. The first-order valence-corrected chi connectivity index (χ1v) is 5.98. The van der Waals surface area contributed by atoms with Crippen molar-refractivity contribution >= 4 is 23.4 Å². The average molecular weight is 268 g/mol. The Morgan fingerprint density at radius 3 is 3.00 bits per heavy atom. The molecule has 0 bridgehead atoms. The fourth-order valence-corrected chi connectivity index (χ4v) is 2.58. The number of hydrogen-bond donors (Lipinski definition) is 1. The number of aromatic nitrogens is 2. The summed E-state index contributed by atoms with van der Waals surface area (Å²) < 4.78 is 7.61. The fraction of sp³-hybridized carbons (Fsp3) is 0.462. The van der Waals surface area contributed by atoms with E-state index in [2.05, 4.69) is 40.0 Å². The summed E-state index contributed by atoms with van der Waals surface area (Å²) in [6.07, 6.45) is 3.52. The number of aryl methyl sites for hydroxylation is 1. The van der Waals surface area contributed by atoms with Crippen molar-refractivity contribution in [1.29, 1.82) is 0 Å². The van der Waals surface area contributed by atoms with Crippen LogP contribution in [0.3, 0.4) is 0 Å². The van der Waals surface area contributed by atoms with Gasteiger partial charge in [0.05, 0.1) is 29.6 Å². The molecule has 0 radical (unpaired) electrons. The van der Waals surface area contributed by atoms with Crippen molar-refractivity contribution in [3.8, 4) is 0 Å². The van der Waals surface area contributed by atoms with Crippen LogP contribution in [0.1, 0.15) is 18.2 Å². The molecule has 3 rings (SSSR count). The van der Waals surface area contributed by atoms with Crippen molar-refractivity contribution in [1.82, 2.24) is 14.9 Å². The van der Waals surface area contributed by atoms with Gasteiger partial charge in [0.15, 0.2) is 0 Å². The van der Waals surface area contributed by atoms with Crippen molar-refractivity contribution in [2.24, 2.45) is 0 Å². The third-order valence-electron chi connectivity index (χ3n) is 3.53. The van der Waals surface area contributed by atoms with E-state index in [4.69, 9.17) is 4.74 Å². The first-order chi connectivity index (χ1) is 8.29. The van der Waals surface area contributed by atoms with Gasteiger partial charge in [0.2, 0.25) is 0 Å². The Morgan fingerprint density at radius 2 is 2.28 bits per heavy atom. The van der Waals surface area contributed by atoms with Gasteiger partial charge in [-0.1, -0.05) is 12.1 Å². The third kappa shape index (κ3) is 2.11. The Bertz CT molecular complexity index is 540. The monoisotopic (exact) mass is 267 g/mol. The summed E-state index contributed by atoms with van der Waals surface area (Å²) in [5.74, 6) is 0. The molecule has 0 amide bonds. The number of para-hydroxylation sites is 1. The molecule has 2 aromatic rings. The van der Waals surface area contributed by atoms with Gasteiger partial charge in [-0.3, -0.25) is 5.32 Å². The van der Waals surface area contributed by atoms with Crippen LogP contribution in [0.2, 0.25) is 0 Å². The molecule has 1 N–H and O–H groups in total. The SMILES string of the molecule is CO[C@@H]1CN[C@@H](n2cnc3cccc(C)c32)C1.Cl. The second-order valence-electron chi connectivity index (χ2n) is 4.61. The van der Waals surface area contributed by atoms with Crippen LogP contribution in [-0.4, -0.2) is 29.3 Å². The molecule has 1 fully saturated rings. The van der Waals surface area contributed by atoms with E-state index in [9.17, 15) is 0 Å². The molecule has 0 aliphatic carbocycles. The number of halogens is 1. The largest absolute Gasteiger partial charge is 0.380 e. The maximum atomic E-state index is 5.39. The van der Waals surface area contributed by atoms with Gasteiger partial charge in [-0.05, 0) is 18.6 Å². The summed E-state index contributed by atoms with van der Waals surface area (Å²) in [5.41, 5.74) is 3.55. The Balaban J connectivity index is 0.00000120. The summed E-state index contributed by atoms with van der Waals surface area (Å²) >= 11 is 0. The number of methoxy groups -OCH3 is 1. The third-order valence-corrected chi connectivity index (χ3v) is 3.53. The lowest BCUT2D eigenvalue weighted by Gasteiger charge is -2.14. The topological polar surface area (TPSA) is 39.1 Å². The minimum absolute atomic E-state index is 0. The maximum Gasteiger partial charge on any atom is 0.0971 e. The molecule has 18 heavy (non-hydrogen) atoms. The highest BCUT2D eigenvalue weighted by molar-refractivity contribution is 5.85. The van der Waals surface area contributed by atoms with Crippen LogP contribution < -0.4 is 5.32 Å². The van der Waals surface area contributed by atoms with Gasteiger partial charge in [0.25, 0.3) is 0 Å². The second-order valence-corrected chi connectivity index (χ2v) is 4.61. The average Bonchev–Trinajstić information content (AvgIpc) is 2.94. The van der Waals surface area contributed by atoms with Crippen LogP contribution in [0.15, 0.2) is 24.5 Å². The number of rotatable bonds is 2. The quantitative estimate of drug-likeness (QED) is 0.907. The number of fused-ring (bicyclic) bond motifs is 1. The van der Waals surface area contributed by atoms with E-state index in [-0.39, 0.29) is 12.4 Å². The lowest BCUT2D eigenvalue weighted by Crippen LogP contribution is -2.20. The molecule has 1 aliphatic heterocycles. The molecule has 4 nitrogen and oxygen atoms in total. The lowest BCUT2D eigenvalue weighted by atomic mass is 10.2. The van der Waals surface area contributed by atoms with Crippen molar-refractivity contribution in [3.05, 3.63) is 30.1 Å². The highest BCUT2D eigenvalue weighted by Gasteiger charge is 2.26. The molecule has 2 heterocycles. The number of hydrogen-bond acceptors (Lipinski definition) is 3. The van der Waals surface area contributed by atoms with Gasteiger partial charge < -0.3 is 9.30 Å². The Labute approximate surface area is 113 Å². The van der Waals surface area contributed by atoms with E-state index < -0.39 is 0 Å².